The summed E-state index contributed by atoms with van der Waals surface area (Å²) in [6, 6.07) is -1.00. The Balaban J connectivity index is 3.06. The van der Waals surface area contributed by atoms with Gasteiger partial charge >= 0.3 is 17.7 Å². The number of carbonyl (C=O) groups is 3. The zero-order chi connectivity index (χ0) is 10.9. The number of carboxylic acids is 1. The van der Waals surface area contributed by atoms with E-state index in [1.807, 2.05) is 5.32 Å². The Labute approximate surface area is 77.2 Å². The molecule has 1 rings (SSSR count). The SMILES string of the molecule is COC1NC(=O)NC(=O)C1(F)C(=O)O. The number of ether oxygens (including phenoxy) is 1. The van der Waals surface area contributed by atoms with Gasteiger partial charge in [-0.2, -0.15) is 0 Å². The number of halogens is 1. The number of hydrogen-bond donors (Lipinski definition) is 3. The number of alkyl halides is 1. The van der Waals surface area contributed by atoms with Crippen LogP contribution in [0.4, 0.5) is 9.18 Å². The van der Waals surface area contributed by atoms with Crippen LogP contribution in [0.1, 0.15) is 0 Å². The highest BCUT2D eigenvalue weighted by Gasteiger charge is 2.58. The molecule has 78 valence electrons. The Morgan fingerprint density at radius 3 is 2.64 bits per heavy atom. The molecule has 0 saturated carbocycles. The van der Waals surface area contributed by atoms with E-state index in [4.69, 9.17) is 5.11 Å². The van der Waals surface area contributed by atoms with Gasteiger partial charge in [0.2, 0.25) is 0 Å². The average Bonchev–Trinajstić information content (AvgIpc) is 2.10. The van der Waals surface area contributed by atoms with Crippen LogP contribution in [0.3, 0.4) is 0 Å². The normalized spacial score (nSPS) is 32.0. The molecule has 0 radical (unpaired) electrons. The number of imide groups is 1. The molecule has 3 N–H and O–H groups in total. The fourth-order valence-corrected chi connectivity index (χ4v) is 0.998. The molecule has 0 aromatic carbocycles. The molecule has 1 heterocycles. The Bertz CT molecular complexity index is 307. The van der Waals surface area contributed by atoms with Crippen molar-refractivity contribution in [3.63, 3.8) is 0 Å². The van der Waals surface area contributed by atoms with E-state index in [-0.39, 0.29) is 0 Å². The molecule has 2 unspecified atom stereocenters. The highest BCUT2D eigenvalue weighted by atomic mass is 19.1. The van der Waals surface area contributed by atoms with E-state index in [2.05, 4.69) is 4.74 Å². The number of rotatable bonds is 2. The Morgan fingerprint density at radius 1 is 1.64 bits per heavy atom. The van der Waals surface area contributed by atoms with E-state index < -0.39 is 29.8 Å². The van der Waals surface area contributed by atoms with Crippen molar-refractivity contribution >= 4 is 17.9 Å². The highest BCUT2D eigenvalue weighted by molar-refractivity contribution is 6.13. The molecule has 1 aliphatic heterocycles. The van der Waals surface area contributed by atoms with E-state index in [1.54, 1.807) is 0 Å². The molecule has 1 fully saturated rings. The fourth-order valence-electron chi connectivity index (χ4n) is 0.998. The second-order valence-electron chi connectivity index (χ2n) is 2.56. The van der Waals surface area contributed by atoms with Crippen LogP contribution in [0.5, 0.6) is 0 Å². The van der Waals surface area contributed by atoms with Gasteiger partial charge in [-0.25, -0.2) is 14.0 Å². The molecule has 1 saturated heterocycles. The van der Waals surface area contributed by atoms with Crippen LogP contribution in [0.15, 0.2) is 0 Å². The van der Waals surface area contributed by atoms with Crippen molar-refractivity contribution in [3.8, 4) is 0 Å². The van der Waals surface area contributed by atoms with Crippen molar-refractivity contribution < 1.29 is 28.6 Å². The van der Waals surface area contributed by atoms with Gasteiger partial charge in [-0.3, -0.25) is 10.1 Å². The van der Waals surface area contributed by atoms with Gasteiger partial charge in [0.05, 0.1) is 0 Å². The van der Waals surface area contributed by atoms with Crippen LogP contribution in [0.2, 0.25) is 0 Å². The summed E-state index contributed by atoms with van der Waals surface area (Å²) in [5.74, 6) is -3.58. The van der Waals surface area contributed by atoms with E-state index in [0.29, 0.717) is 0 Å². The number of carbonyl (C=O) groups excluding carboxylic acids is 2. The van der Waals surface area contributed by atoms with Crippen molar-refractivity contribution in [1.82, 2.24) is 10.6 Å². The Morgan fingerprint density at radius 2 is 2.21 bits per heavy atom. The maximum absolute atomic E-state index is 13.6. The number of hydrogen-bond acceptors (Lipinski definition) is 4. The lowest BCUT2D eigenvalue weighted by molar-refractivity contribution is -0.172. The number of urea groups is 1. The average molecular weight is 206 g/mol. The third kappa shape index (κ3) is 1.29. The van der Waals surface area contributed by atoms with Gasteiger partial charge in [-0.1, -0.05) is 0 Å². The quantitative estimate of drug-likeness (QED) is 0.481. The topological polar surface area (TPSA) is 105 Å². The molecule has 0 aromatic heterocycles. The summed E-state index contributed by atoms with van der Waals surface area (Å²) in [6.07, 6.45) is -1.83. The fraction of sp³-hybridized carbons (Fsp3) is 0.500. The summed E-state index contributed by atoms with van der Waals surface area (Å²) in [7, 11) is 0.973. The predicted molar refractivity (Wildman–Crippen MR) is 38.9 cm³/mol. The van der Waals surface area contributed by atoms with Gasteiger partial charge in [0.25, 0.3) is 5.91 Å². The second-order valence-corrected chi connectivity index (χ2v) is 2.56. The lowest BCUT2D eigenvalue weighted by Gasteiger charge is -2.32. The first-order valence-corrected chi connectivity index (χ1v) is 3.50. The number of aliphatic carboxylic acids is 1. The van der Waals surface area contributed by atoms with E-state index in [0.717, 1.165) is 7.11 Å². The maximum atomic E-state index is 13.6. The van der Waals surface area contributed by atoms with Gasteiger partial charge in [-0.15, -0.1) is 0 Å². The molecule has 14 heavy (non-hydrogen) atoms. The monoisotopic (exact) mass is 206 g/mol. The lowest BCUT2D eigenvalue weighted by atomic mass is 10.0. The smallest absolute Gasteiger partial charge is 0.356 e. The summed E-state index contributed by atoms with van der Waals surface area (Å²) in [6.45, 7) is 0. The summed E-state index contributed by atoms with van der Waals surface area (Å²) >= 11 is 0. The van der Waals surface area contributed by atoms with Gasteiger partial charge in [-0.05, 0) is 0 Å². The zero-order valence-electron chi connectivity index (χ0n) is 7.04. The van der Waals surface area contributed by atoms with E-state index in [1.165, 1.54) is 5.32 Å². The molecule has 0 bridgehead atoms. The highest BCUT2D eigenvalue weighted by Crippen LogP contribution is 2.20. The zero-order valence-corrected chi connectivity index (χ0v) is 7.04. The third-order valence-electron chi connectivity index (χ3n) is 1.73. The summed E-state index contributed by atoms with van der Waals surface area (Å²) in [5.41, 5.74) is -3.30. The van der Waals surface area contributed by atoms with Crippen LogP contribution in [0.25, 0.3) is 0 Å². The first-order chi connectivity index (χ1) is 6.42. The largest absolute Gasteiger partial charge is 0.478 e. The first kappa shape index (κ1) is 10.4. The van der Waals surface area contributed by atoms with Crippen molar-refractivity contribution in [2.45, 2.75) is 11.9 Å². The minimum absolute atomic E-state index is 0.973. The molecular weight excluding hydrogens is 199 g/mol. The molecular formula is C6H7FN2O5. The van der Waals surface area contributed by atoms with Crippen molar-refractivity contribution in [1.29, 1.82) is 0 Å². The van der Waals surface area contributed by atoms with Crippen molar-refractivity contribution in [2.24, 2.45) is 0 Å². The molecule has 1 aliphatic rings. The molecule has 8 heteroatoms. The van der Waals surface area contributed by atoms with Crippen molar-refractivity contribution in [2.75, 3.05) is 7.11 Å². The van der Waals surface area contributed by atoms with Gasteiger partial charge in [0, 0.05) is 7.11 Å². The van der Waals surface area contributed by atoms with Crippen LogP contribution >= 0.6 is 0 Å². The van der Waals surface area contributed by atoms with Crippen molar-refractivity contribution in [3.05, 3.63) is 0 Å². The summed E-state index contributed by atoms with van der Waals surface area (Å²) in [4.78, 5) is 32.1. The molecule has 0 spiro atoms. The standard InChI is InChI=1S/C6H7FN2O5/c1-14-3-6(7,4(11)12)2(10)8-5(13)9-3/h3H,1H3,(H,11,12)(H2,8,9,10,13). The second kappa shape index (κ2) is 3.22. The van der Waals surface area contributed by atoms with Gasteiger partial charge < -0.3 is 15.2 Å². The number of carboxylic acid groups (broad SMARTS) is 1. The van der Waals surface area contributed by atoms with Gasteiger partial charge in [0.15, 0.2) is 6.23 Å². The molecule has 0 aliphatic carbocycles. The number of nitrogens with one attached hydrogen (secondary N) is 2. The summed E-state index contributed by atoms with van der Waals surface area (Å²) in [5, 5.41) is 11.8. The van der Waals surface area contributed by atoms with E-state index >= 15 is 0 Å². The molecule has 3 amide bonds. The minimum Gasteiger partial charge on any atom is -0.478 e. The lowest BCUT2D eigenvalue weighted by Crippen LogP contribution is -2.70. The predicted octanol–water partition coefficient (Wildman–Crippen LogP) is -1.41. The van der Waals surface area contributed by atoms with Crippen LogP contribution in [-0.2, 0) is 14.3 Å². The molecule has 7 nitrogen and oxygen atoms in total. The number of amides is 3. The molecule has 0 aromatic rings. The Hall–Kier alpha value is -1.70. The van der Waals surface area contributed by atoms with Gasteiger partial charge in [0.1, 0.15) is 0 Å². The van der Waals surface area contributed by atoms with E-state index in [9.17, 15) is 18.8 Å². The van der Waals surface area contributed by atoms with Crippen LogP contribution < -0.4 is 10.6 Å². The molecule has 2 atom stereocenters. The maximum Gasteiger partial charge on any atom is 0.356 e. The summed E-state index contributed by atoms with van der Waals surface area (Å²) < 4.78 is 17.9. The third-order valence-corrected chi connectivity index (χ3v) is 1.73. The number of methoxy groups -OCH3 is 1. The van der Waals surface area contributed by atoms with Crippen LogP contribution in [-0.4, -0.2) is 42.0 Å². The first-order valence-electron chi connectivity index (χ1n) is 3.50. The Kier molecular flexibility index (Phi) is 2.39. The van der Waals surface area contributed by atoms with Crippen LogP contribution in [0, 0.1) is 0 Å². The minimum atomic E-state index is -3.30.